The third-order valence-corrected chi connectivity index (χ3v) is 4.58. The van der Waals surface area contributed by atoms with Crippen LogP contribution in [-0.4, -0.2) is 22.5 Å². The first-order valence-electron chi connectivity index (χ1n) is 7.83. The van der Waals surface area contributed by atoms with Gasteiger partial charge in [-0.15, -0.1) is 0 Å². The predicted molar refractivity (Wildman–Crippen MR) is 88.5 cm³/mol. The lowest BCUT2D eigenvalue weighted by Crippen LogP contribution is -2.40. The van der Waals surface area contributed by atoms with E-state index in [4.69, 9.17) is 11.6 Å². The highest BCUT2D eigenvalue weighted by Gasteiger charge is 2.35. The van der Waals surface area contributed by atoms with E-state index in [0.29, 0.717) is 17.2 Å². The summed E-state index contributed by atoms with van der Waals surface area (Å²) in [5.41, 5.74) is -0.840. The van der Waals surface area contributed by atoms with Gasteiger partial charge in [0, 0.05) is 30.8 Å². The number of urea groups is 1. The highest BCUT2D eigenvalue weighted by molar-refractivity contribution is 6.31. The molecule has 27 heavy (non-hydrogen) atoms. The largest absolute Gasteiger partial charge is 0.417 e. The number of nitrogens with zero attached hydrogens (tertiary/aromatic N) is 2. The Bertz CT molecular complexity index is 903. The Morgan fingerprint density at radius 2 is 2.04 bits per heavy atom. The smallest absolute Gasteiger partial charge is 0.320 e. The average Bonchev–Trinajstić information content (AvgIpc) is 2.56. The van der Waals surface area contributed by atoms with Crippen molar-refractivity contribution >= 4 is 23.3 Å². The Morgan fingerprint density at radius 3 is 2.70 bits per heavy atom. The van der Waals surface area contributed by atoms with Crippen LogP contribution in [0.3, 0.4) is 0 Å². The molecule has 0 radical (unpaired) electrons. The Labute approximate surface area is 155 Å². The number of pyridine rings is 1. The summed E-state index contributed by atoms with van der Waals surface area (Å²) in [6.07, 6.45) is -3.54. The molecule has 2 amide bonds. The fraction of sp³-hybridized carbons (Fsp3) is 0.294. The third-order valence-electron chi connectivity index (χ3n) is 4.27. The quantitative estimate of drug-likeness (QED) is 0.524. The lowest BCUT2D eigenvalue weighted by molar-refractivity contribution is -0.137. The Hall–Kier alpha value is -2.42. The molecule has 4 nitrogen and oxygen atoms in total. The number of carbonyl (C=O) groups is 1. The second-order valence-corrected chi connectivity index (χ2v) is 6.60. The molecule has 3 rings (SSSR count). The van der Waals surface area contributed by atoms with Gasteiger partial charge in [0.15, 0.2) is 0 Å². The fourth-order valence-corrected chi connectivity index (χ4v) is 3.31. The van der Waals surface area contributed by atoms with E-state index in [2.05, 4.69) is 10.3 Å². The molecule has 1 aromatic heterocycles. The van der Waals surface area contributed by atoms with E-state index in [1.54, 1.807) is 13.0 Å². The number of benzene rings is 1. The number of halogens is 6. The summed E-state index contributed by atoms with van der Waals surface area (Å²) in [6.45, 7) is 1.90. The van der Waals surface area contributed by atoms with Crippen LogP contribution in [0.5, 0.6) is 0 Å². The SMILES string of the molecule is C[C@H]1CN(C(=O)Nc2cc(Cl)c(C(F)(F)F)cc2F)Cc2ccnc(F)c21. The van der Waals surface area contributed by atoms with Crippen molar-refractivity contribution < 1.29 is 26.7 Å². The van der Waals surface area contributed by atoms with Gasteiger partial charge in [-0.25, -0.2) is 14.2 Å². The predicted octanol–water partition coefficient (Wildman–Crippen LogP) is 5.18. The van der Waals surface area contributed by atoms with Crippen LogP contribution in [0.15, 0.2) is 24.4 Å². The van der Waals surface area contributed by atoms with Crippen LogP contribution in [-0.2, 0) is 12.7 Å². The number of anilines is 1. The first kappa shape index (κ1) is 19.3. The number of fused-ring (bicyclic) bond motifs is 1. The first-order valence-corrected chi connectivity index (χ1v) is 8.21. The summed E-state index contributed by atoms with van der Waals surface area (Å²) in [5.74, 6) is -2.23. The Balaban J connectivity index is 1.82. The van der Waals surface area contributed by atoms with E-state index >= 15 is 0 Å². The number of hydrogen-bond acceptors (Lipinski definition) is 2. The van der Waals surface area contributed by atoms with Crippen molar-refractivity contribution in [1.29, 1.82) is 0 Å². The number of carbonyl (C=O) groups excluding carboxylic acids is 1. The van der Waals surface area contributed by atoms with Crippen LogP contribution in [0.1, 0.15) is 29.5 Å². The molecule has 0 aliphatic carbocycles. The van der Waals surface area contributed by atoms with Crippen molar-refractivity contribution in [1.82, 2.24) is 9.88 Å². The van der Waals surface area contributed by atoms with Gasteiger partial charge in [-0.3, -0.25) is 0 Å². The Morgan fingerprint density at radius 1 is 1.33 bits per heavy atom. The van der Waals surface area contributed by atoms with E-state index in [-0.39, 0.29) is 25.1 Å². The molecule has 2 aromatic rings. The van der Waals surface area contributed by atoms with E-state index in [1.807, 2.05) is 0 Å². The molecular weight excluding hydrogens is 393 g/mol. The van der Waals surface area contributed by atoms with Crippen molar-refractivity contribution in [3.63, 3.8) is 0 Å². The minimum absolute atomic E-state index is 0.0565. The maximum absolute atomic E-state index is 14.0. The third kappa shape index (κ3) is 3.83. The maximum atomic E-state index is 14.0. The second kappa shape index (κ2) is 6.95. The van der Waals surface area contributed by atoms with Crippen LogP contribution in [0.25, 0.3) is 0 Å². The molecule has 2 heterocycles. The van der Waals surface area contributed by atoms with Crippen LogP contribution in [0.4, 0.5) is 32.4 Å². The van der Waals surface area contributed by atoms with Crippen molar-refractivity contribution in [2.24, 2.45) is 0 Å². The molecule has 1 aliphatic heterocycles. The molecule has 144 valence electrons. The molecule has 1 aromatic carbocycles. The lowest BCUT2D eigenvalue weighted by Gasteiger charge is -2.33. The van der Waals surface area contributed by atoms with Gasteiger partial charge in [0.1, 0.15) is 5.82 Å². The van der Waals surface area contributed by atoms with E-state index in [0.717, 1.165) is 0 Å². The normalized spacial score (nSPS) is 16.9. The molecule has 0 bridgehead atoms. The topological polar surface area (TPSA) is 45.2 Å². The molecule has 0 spiro atoms. The van der Waals surface area contributed by atoms with E-state index in [1.165, 1.54) is 11.1 Å². The van der Waals surface area contributed by atoms with Crippen LogP contribution < -0.4 is 5.32 Å². The molecule has 1 aliphatic rings. The summed E-state index contributed by atoms with van der Waals surface area (Å²) in [7, 11) is 0. The molecule has 0 unspecified atom stereocenters. The molecule has 0 fully saturated rings. The van der Waals surface area contributed by atoms with Gasteiger partial charge in [-0.1, -0.05) is 18.5 Å². The van der Waals surface area contributed by atoms with Gasteiger partial charge in [-0.2, -0.15) is 17.6 Å². The lowest BCUT2D eigenvalue weighted by atomic mass is 9.93. The number of hydrogen-bond donors (Lipinski definition) is 1. The minimum Gasteiger partial charge on any atom is -0.320 e. The summed E-state index contributed by atoms with van der Waals surface area (Å²) < 4.78 is 66.1. The monoisotopic (exact) mass is 405 g/mol. The van der Waals surface area contributed by atoms with Crippen LogP contribution in [0, 0.1) is 11.8 Å². The summed E-state index contributed by atoms with van der Waals surface area (Å²) in [6, 6.07) is 1.78. The highest BCUT2D eigenvalue weighted by Crippen LogP contribution is 2.37. The zero-order chi connectivity index (χ0) is 19.9. The summed E-state index contributed by atoms with van der Waals surface area (Å²) >= 11 is 5.56. The molecule has 10 heteroatoms. The highest BCUT2D eigenvalue weighted by atomic mass is 35.5. The van der Waals surface area contributed by atoms with Crippen molar-refractivity contribution in [2.75, 3.05) is 11.9 Å². The molecule has 1 N–H and O–H groups in total. The Kier molecular flexibility index (Phi) is 4.98. The molecule has 1 atom stereocenters. The van der Waals surface area contributed by atoms with Gasteiger partial charge in [0.05, 0.1) is 16.3 Å². The summed E-state index contributed by atoms with van der Waals surface area (Å²) in [5, 5.41) is 1.48. The molecule has 0 saturated carbocycles. The van der Waals surface area contributed by atoms with Gasteiger partial charge in [-0.05, 0) is 23.8 Å². The van der Waals surface area contributed by atoms with Gasteiger partial charge >= 0.3 is 12.2 Å². The van der Waals surface area contributed by atoms with Crippen molar-refractivity contribution in [3.8, 4) is 0 Å². The van der Waals surface area contributed by atoms with E-state index < -0.39 is 40.2 Å². The number of nitrogens with one attached hydrogen (secondary N) is 1. The van der Waals surface area contributed by atoms with Gasteiger partial charge in [0.2, 0.25) is 5.95 Å². The van der Waals surface area contributed by atoms with Crippen LogP contribution in [0.2, 0.25) is 5.02 Å². The standard InChI is InChI=1S/C17H13ClF5N3O/c1-8-6-26(7-9-2-3-24-15(20)14(8)9)16(27)25-13-5-11(18)10(4-12(13)19)17(21,22)23/h2-5,8H,6-7H2,1H3,(H,25,27)/t8-/m0/s1. The second-order valence-electron chi connectivity index (χ2n) is 6.20. The fourth-order valence-electron chi connectivity index (χ4n) is 3.04. The van der Waals surface area contributed by atoms with Crippen molar-refractivity contribution in [2.45, 2.75) is 25.6 Å². The zero-order valence-electron chi connectivity index (χ0n) is 13.9. The summed E-state index contributed by atoms with van der Waals surface area (Å²) in [4.78, 5) is 17.3. The molecule has 0 saturated heterocycles. The van der Waals surface area contributed by atoms with Gasteiger partial charge < -0.3 is 10.2 Å². The number of amides is 2. The van der Waals surface area contributed by atoms with Crippen LogP contribution >= 0.6 is 11.6 Å². The maximum Gasteiger partial charge on any atom is 0.417 e. The number of aromatic nitrogens is 1. The van der Waals surface area contributed by atoms with Gasteiger partial charge in [0.25, 0.3) is 0 Å². The molecular formula is C17H13ClF5N3O. The zero-order valence-corrected chi connectivity index (χ0v) is 14.6. The first-order chi connectivity index (χ1) is 12.6. The minimum atomic E-state index is -4.81. The average molecular weight is 406 g/mol. The number of alkyl halides is 3. The van der Waals surface area contributed by atoms with Crippen molar-refractivity contribution in [3.05, 3.63) is 57.9 Å². The van der Waals surface area contributed by atoms with E-state index in [9.17, 15) is 26.7 Å². The number of rotatable bonds is 1.